The van der Waals surface area contributed by atoms with E-state index in [4.69, 9.17) is 18.6 Å². The second-order valence-electron chi connectivity index (χ2n) is 8.75. The van der Waals surface area contributed by atoms with Gasteiger partial charge in [0.1, 0.15) is 18.2 Å². The number of rotatable bonds is 8. The van der Waals surface area contributed by atoms with Crippen LogP contribution in [0.1, 0.15) is 45.2 Å². The highest BCUT2D eigenvalue weighted by atomic mass is 16.6. The van der Waals surface area contributed by atoms with Crippen molar-refractivity contribution in [3.8, 4) is 11.8 Å². The van der Waals surface area contributed by atoms with Gasteiger partial charge in [0, 0.05) is 13.0 Å². The molecule has 0 saturated carbocycles. The summed E-state index contributed by atoms with van der Waals surface area (Å²) in [6, 6.07) is 4.27. The second kappa shape index (κ2) is 11.7. The van der Waals surface area contributed by atoms with Crippen LogP contribution >= 0.6 is 0 Å². The molecule has 0 radical (unpaired) electrons. The highest BCUT2D eigenvalue weighted by molar-refractivity contribution is 6.00. The Balaban J connectivity index is 1.45. The zero-order valence-corrected chi connectivity index (χ0v) is 20.0. The molecule has 3 amide bonds. The zero-order valence-electron chi connectivity index (χ0n) is 20.0. The van der Waals surface area contributed by atoms with Crippen LogP contribution in [0.4, 0.5) is 4.79 Å². The summed E-state index contributed by atoms with van der Waals surface area (Å²) < 4.78 is 22.5. The summed E-state index contributed by atoms with van der Waals surface area (Å²) in [5, 5.41) is 4.84. The van der Waals surface area contributed by atoms with Crippen LogP contribution in [-0.2, 0) is 23.8 Å². The largest absolute Gasteiger partial charge is 0.444 e. The summed E-state index contributed by atoms with van der Waals surface area (Å²) in [5.74, 6) is 4.20. The molecule has 1 fully saturated rings. The van der Waals surface area contributed by atoms with Crippen molar-refractivity contribution in [2.75, 3.05) is 33.0 Å². The van der Waals surface area contributed by atoms with Crippen molar-refractivity contribution < 1.29 is 33.0 Å². The smallest absolute Gasteiger partial charge is 0.420 e. The molecule has 3 rings (SSSR count). The van der Waals surface area contributed by atoms with E-state index in [1.165, 1.54) is 4.57 Å². The highest BCUT2D eigenvalue weighted by Crippen LogP contribution is 2.24. The van der Waals surface area contributed by atoms with Gasteiger partial charge in [-0.05, 0) is 39.3 Å². The Morgan fingerprint density at radius 3 is 2.71 bits per heavy atom. The van der Waals surface area contributed by atoms with Gasteiger partial charge in [0.2, 0.25) is 11.8 Å². The lowest BCUT2D eigenvalue weighted by molar-refractivity contribution is -0.135. The van der Waals surface area contributed by atoms with Gasteiger partial charge in [0.05, 0.1) is 30.9 Å². The number of imide groups is 1. The zero-order chi connectivity index (χ0) is 25.4. The quantitative estimate of drug-likeness (QED) is 0.324. The third kappa shape index (κ3) is 7.43. The summed E-state index contributed by atoms with van der Waals surface area (Å²) in [6.07, 6.45) is -0.121. The molecule has 1 aromatic carbocycles. The molecule has 0 aliphatic carbocycles. The summed E-state index contributed by atoms with van der Waals surface area (Å²) in [5.41, 5.74) is 0.647. The number of nitrogens with one attached hydrogen (secondary N) is 2. The van der Waals surface area contributed by atoms with E-state index in [-0.39, 0.29) is 30.9 Å². The summed E-state index contributed by atoms with van der Waals surface area (Å²) in [4.78, 5) is 47.6. The number of aromatic nitrogens is 1. The van der Waals surface area contributed by atoms with Crippen LogP contribution in [0.2, 0.25) is 0 Å². The van der Waals surface area contributed by atoms with E-state index >= 15 is 0 Å². The van der Waals surface area contributed by atoms with Crippen LogP contribution in [0.15, 0.2) is 27.4 Å². The third-order valence-corrected chi connectivity index (χ3v) is 4.85. The topological polar surface area (TPSA) is 138 Å². The van der Waals surface area contributed by atoms with Gasteiger partial charge in [0.25, 0.3) is 0 Å². The first kappa shape index (κ1) is 26.0. The number of alkyl carbamates (subject to hydrolysis) is 1. The predicted octanol–water partition coefficient (Wildman–Crippen LogP) is 1.48. The molecule has 35 heavy (non-hydrogen) atoms. The van der Waals surface area contributed by atoms with Gasteiger partial charge in [-0.15, -0.1) is 0 Å². The monoisotopic (exact) mass is 487 g/mol. The molecule has 2 heterocycles. The lowest BCUT2D eigenvalue weighted by Gasteiger charge is -2.21. The Kier molecular flexibility index (Phi) is 8.68. The number of nitrogens with zero attached hydrogens (tertiary/aromatic N) is 1. The predicted molar refractivity (Wildman–Crippen MR) is 125 cm³/mol. The van der Waals surface area contributed by atoms with Crippen molar-refractivity contribution in [3.63, 3.8) is 0 Å². The molecular weight excluding hydrogens is 458 g/mol. The van der Waals surface area contributed by atoms with Crippen LogP contribution in [-0.4, -0.2) is 61.0 Å². The number of hydrogen-bond donors (Lipinski definition) is 2. The van der Waals surface area contributed by atoms with Gasteiger partial charge < -0.3 is 23.9 Å². The van der Waals surface area contributed by atoms with Gasteiger partial charge in [-0.1, -0.05) is 17.9 Å². The van der Waals surface area contributed by atoms with Crippen LogP contribution < -0.4 is 16.4 Å². The number of carbonyl (C=O) groups is 3. The van der Waals surface area contributed by atoms with Crippen molar-refractivity contribution in [1.82, 2.24) is 15.2 Å². The standard InChI is InChI=1S/C24H29N3O8/c1-24(2,3)35-22(30)25-11-13-33-15-14-32-12-5-7-16-6-4-8-17-20(16)34-23(31)27(17)18-9-10-19(28)26-21(18)29/h4,6,8,18H,9-15H2,1-3H3,(H,25,30)(H,26,28,29). The Hall–Kier alpha value is -3.62. The van der Waals surface area contributed by atoms with Crippen molar-refractivity contribution in [2.45, 2.75) is 45.3 Å². The molecule has 11 nitrogen and oxygen atoms in total. The number of hydrogen-bond acceptors (Lipinski definition) is 8. The van der Waals surface area contributed by atoms with Crippen LogP contribution in [0.5, 0.6) is 0 Å². The van der Waals surface area contributed by atoms with Crippen LogP contribution in [0.3, 0.4) is 0 Å². The molecule has 188 valence electrons. The molecule has 2 N–H and O–H groups in total. The average molecular weight is 488 g/mol. The second-order valence-corrected chi connectivity index (χ2v) is 8.75. The Labute approximate surface area is 202 Å². The first-order valence-corrected chi connectivity index (χ1v) is 11.2. The minimum Gasteiger partial charge on any atom is -0.444 e. The number of carbonyl (C=O) groups excluding carboxylic acids is 3. The van der Waals surface area contributed by atoms with E-state index in [1.807, 2.05) is 0 Å². The fraction of sp³-hybridized carbons (Fsp3) is 0.500. The van der Waals surface area contributed by atoms with E-state index in [1.54, 1.807) is 39.0 Å². The average Bonchev–Trinajstić information content (AvgIpc) is 3.10. The number of para-hydroxylation sites is 1. The van der Waals surface area contributed by atoms with Crippen molar-refractivity contribution in [2.24, 2.45) is 0 Å². The number of amides is 3. The molecule has 0 spiro atoms. The van der Waals surface area contributed by atoms with E-state index in [0.29, 0.717) is 37.4 Å². The lowest BCUT2D eigenvalue weighted by Crippen LogP contribution is -2.43. The maximum Gasteiger partial charge on any atom is 0.420 e. The molecule has 1 aromatic heterocycles. The molecule has 1 unspecified atom stereocenters. The van der Waals surface area contributed by atoms with Crippen molar-refractivity contribution in [1.29, 1.82) is 0 Å². The normalized spacial score (nSPS) is 15.9. The molecule has 1 atom stereocenters. The number of piperidine rings is 1. The lowest BCUT2D eigenvalue weighted by atomic mass is 10.1. The third-order valence-electron chi connectivity index (χ3n) is 4.85. The maximum atomic E-state index is 12.5. The summed E-state index contributed by atoms with van der Waals surface area (Å²) in [6.45, 7) is 6.78. The number of fused-ring (bicyclic) bond motifs is 1. The van der Waals surface area contributed by atoms with Gasteiger partial charge in [0.15, 0.2) is 5.58 Å². The van der Waals surface area contributed by atoms with Gasteiger partial charge in [-0.2, -0.15) is 0 Å². The van der Waals surface area contributed by atoms with E-state index in [2.05, 4.69) is 22.5 Å². The van der Waals surface area contributed by atoms with Crippen LogP contribution in [0, 0.1) is 11.8 Å². The Bertz CT molecular complexity index is 1200. The molecule has 0 bridgehead atoms. The van der Waals surface area contributed by atoms with E-state index in [0.717, 1.165) is 0 Å². The Morgan fingerprint density at radius 1 is 1.20 bits per heavy atom. The van der Waals surface area contributed by atoms with Gasteiger partial charge >= 0.3 is 11.8 Å². The summed E-state index contributed by atoms with van der Waals surface area (Å²) >= 11 is 0. The van der Waals surface area contributed by atoms with Crippen LogP contribution in [0.25, 0.3) is 11.1 Å². The molecular formula is C24H29N3O8. The van der Waals surface area contributed by atoms with E-state index < -0.39 is 29.4 Å². The van der Waals surface area contributed by atoms with E-state index in [9.17, 15) is 19.2 Å². The fourth-order valence-corrected chi connectivity index (χ4v) is 3.39. The number of benzene rings is 1. The van der Waals surface area contributed by atoms with Gasteiger partial charge in [-0.25, -0.2) is 9.59 Å². The number of oxazole rings is 1. The molecule has 1 aliphatic rings. The molecule has 2 aromatic rings. The van der Waals surface area contributed by atoms with Crippen molar-refractivity contribution in [3.05, 3.63) is 34.3 Å². The molecule has 1 aliphatic heterocycles. The first-order valence-electron chi connectivity index (χ1n) is 11.2. The first-order chi connectivity index (χ1) is 16.7. The summed E-state index contributed by atoms with van der Waals surface area (Å²) in [7, 11) is 0. The number of ether oxygens (including phenoxy) is 3. The minimum absolute atomic E-state index is 0.133. The van der Waals surface area contributed by atoms with Gasteiger partial charge in [-0.3, -0.25) is 19.5 Å². The maximum absolute atomic E-state index is 12.5. The fourth-order valence-electron chi connectivity index (χ4n) is 3.39. The molecule has 11 heteroatoms. The molecule has 1 saturated heterocycles. The minimum atomic E-state index is -0.813. The Morgan fingerprint density at radius 2 is 1.97 bits per heavy atom. The highest BCUT2D eigenvalue weighted by Gasteiger charge is 2.31. The SMILES string of the molecule is CC(C)(C)OC(=O)NCCOCCOCC#Cc1cccc2c1oc(=O)n2C1CCC(=O)NC1=O. The van der Waals surface area contributed by atoms with Crippen molar-refractivity contribution >= 4 is 29.0 Å².